The lowest BCUT2D eigenvalue weighted by molar-refractivity contribution is -0.131. The van der Waals surface area contributed by atoms with Crippen LogP contribution in [0, 0.1) is 0 Å². The Morgan fingerprint density at radius 2 is 2.14 bits per heavy atom. The number of ether oxygens (including phenoxy) is 2. The summed E-state index contributed by atoms with van der Waals surface area (Å²) in [4.78, 5) is 14.8. The molecule has 0 saturated carbocycles. The van der Waals surface area contributed by atoms with Gasteiger partial charge in [-0.2, -0.15) is 0 Å². The maximum Gasteiger partial charge on any atom is 0.227 e. The summed E-state index contributed by atoms with van der Waals surface area (Å²) in [6.07, 6.45) is 4.16. The molecule has 2 unspecified atom stereocenters. The van der Waals surface area contributed by atoms with E-state index in [1.165, 1.54) is 0 Å². The summed E-state index contributed by atoms with van der Waals surface area (Å²) < 4.78 is 16.6. The third kappa shape index (κ3) is 4.13. The lowest BCUT2D eigenvalue weighted by Gasteiger charge is -2.26. The Kier molecular flexibility index (Phi) is 5.78. The van der Waals surface area contributed by atoms with E-state index >= 15 is 0 Å². The van der Waals surface area contributed by atoms with Crippen molar-refractivity contribution >= 4 is 17.5 Å². The second-order valence-corrected chi connectivity index (χ2v) is 7.69. The van der Waals surface area contributed by atoms with Gasteiger partial charge in [0, 0.05) is 25.4 Å². The first-order valence-corrected chi connectivity index (χ1v) is 10.1. The zero-order valence-corrected chi connectivity index (χ0v) is 16.4. The van der Waals surface area contributed by atoms with Gasteiger partial charge in [-0.25, -0.2) is 0 Å². The molecule has 1 saturated heterocycles. The number of rotatable bonds is 5. The summed E-state index contributed by atoms with van der Waals surface area (Å²) in [7, 11) is 0. The molecule has 2 aliphatic rings. The number of likely N-dealkylation sites (tertiary alicyclic amines) is 1. The molecule has 2 aliphatic heterocycles. The lowest BCUT2D eigenvalue weighted by Crippen LogP contribution is -2.37. The van der Waals surface area contributed by atoms with Crippen molar-refractivity contribution in [3.8, 4) is 11.5 Å². The van der Waals surface area contributed by atoms with Crippen LogP contribution in [0.3, 0.4) is 0 Å². The van der Waals surface area contributed by atoms with Crippen LogP contribution < -0.4 is 9.47 Å². The second kappa shape index (κ2) is 8.45. The highest BCUT2D eigenvalue weighted by atomic mass is 35.5. The molecular weight excluding hydrogens is 382 g/mol. The average Bonchev–Trinajstić information content (AvgIpc) is 3.30. The van der Waals surface area contributed by atoms with Gasteiger partial charge in [0.2, 0.25) is 5.91 Å². The summed E-state index contributed by atoms with van der Waals surface area (Å²) in [6, 6.07) is 7.13. The molecule has 4 rings (SSSR count). The molecule has 1 aromatic heterocycles. The summed E-state index contributed by atoms with van der Waals surface area (Å²) in [5, 5.41) is 10.8. The summed E-state index contributed by atoms with van der Waals surface area (Å²) in [5.74, 6) is 1.71. The van der Waals surface area contributed by atoms with E-state index in [1.807, 2.05) is 11.0 Å². The number of amides is 1. The van der Waals surface area contributed by atoms with Crippen LogP contribution in [0.25, 0.3) is 0 Å². The molecule has 2 aromatic rings. The number of hydrogen-bond acceptors (Lipinski definition) is 5. The highest BCUT2D eigenvalue weighted by Crippen LogP contribution is 2.38. The Morgan fingerprint density at radius 1 is 1.29 bits per heavy atom. The number of carbonyl (C=O) groups is 1. The number of halogens is 1. The first-order chi connectivity index (χ1) is 13.6. The largest absolute Gasteiger partial charge is 0.489 e. The maximum atomic E-state index is 12.9. The van der Waals surface area contributed by atoms with E-state index in [2.05, 4.69) is 0 Å². The molecule has 3 heterocycles. The van der Waals surface area contributed by atoms with Gasteiger partial charge in [0.25, 0.3) is 0 Å². The van der Waals surface area contributed by atoms with Gasteiger partial charge in [0.1, 0.15) is 11.9 Å². The van der Waals surface area contributed by atoms with Gasteiger partial charge in [-0.1, -0.05) is 11.6 Å². The second-order valence-electron chi connectivity index (χ2n) is 7.28. The van der Waals surface area contributed by atoms with Crippen LogP contribution in [0.4, 0.5) is 0 Å². The van der Waals surface area contributed by atoms with E-state index in [1.54, 1.807) is 24.5 Å². The zero-order valence-electron chi connectivity index (χ0n) is 15.6. The molecule has 0 radical (unpaired) electrons. The van der Waals surface area contributed by atoms with Gasteiger partial charge >= 0.3 is 0 Å². The average molecular weight is 406 g/mol. The van der Waals surface area contributed by atoms with Crippen LogP contribution in [-0.4, -0.2) is 41.7 Å². The molecule has 2 atom stereocenters. The predicted molar refractivity (Wildman–Crippen MR) is 104 cm³/mol. The predicted octanol–water partition coefficient (Wildman–Crippen LogP) is 3.75. The van der Waals surface area contributed by atoms with Crippen molar-refractivity contribution in [3.05, 3.63) is 46.9 Å². The number of nitrogens with zero attached hydrogens (tertiary/aromatic N) is 1. The Hall–Kier alpha value is -2.18. The van der Waals surface area contributed by atoms with Gasteiger partial charge in [0.05, 0.1) is 30.9 Å². The molecule has 7 heteroatoms. The van der Waals surface area contributed by atoms with Crippen molar-refractivity contribution in [3.63, 3.8) is 0 Å². The SMILES string of the molecule is O=C(Cc1cc(Cl)c2c(c1)OCCCO2)N1CCCC1CC(O)c1ccco1. The van der Waals surface area contributed by atoms with Crippen molar-refractivity contribution in [1.82, 2.24) is 4.90 Å². The first-order valence-electron chi connectivity index (χ1n) is 9.71. The van der Waals surface area contributed by atoms with Crippen LogP contribution in [-0.2, 0) is 11.2 Å². The maximum absolute atomic E-state index is 12.9. The van der Waals surface area contributed by atoms with Crippen molar-refractivity contribution in [1.29, 1.82) is 0 Å². The van der Waals surface area contributed by atoms with E-state index in [9.17, 15) is 9.90 Å². The van der Waals surface area contributed by atoms with E-state index in [0.717, 1.165) is 24.8 Å². The standard InChI is InChI=1S/C21H24ClNO5/c22-16-10-14(11-19-21(16)28-9-3-8-27-19)12-20(25)23-6-1-4-15(23)13-17(24)18-5-2-7-26-18/h2,5,7,10-11,15,17,24H,1,3-4,6,8-9,12-13H2. The number of fused-ring (bicyclic) bond motifs is 1. The third-order valence-electron chi connectivity index (χ3n) is 5.28. The van der Waals surface area contributed by atoms with Crippen molar-refractivity contribution < 1.29 is 23.8 Å². The fourth-order valence-corrected chi connectivity index (χ4v) is 4.21. The summed E-state index contributed by atoms with van der Waals surface area (Å²) >= 11 is 6.34. The smallest absolute Gasteiger partial charge is 0.227 e. The van der Waals surface area contributed by atoms with E-state index in [-0.39, 0.29) is 18.4 Å². The van der Waals surface area contributed by atoms with Crippen LogP contribution in [0.2, 0.25) is 5.02 Å². The molecule has 0 bridgehead atoms. The molecule has 1 amide bonds. The monoisotopic (exact) mass is 405 g/mol. The molecule has 1 fully saturated rings. The molecule has 28 heavy (non-hydrogen) atoms. The van der Waals surface area contributed by atoms with E-state index in [0.29, 0.717) is 48.5 Å². The summed E-state index contributed by atoms with van der Waals surface area (Å²) in [6.45, 7) is 1.84. The normalized spacial score (nSPS) is 20.1. The minimum absolute atomic E-state index is 0.00322. The molecule has 0 spiro atoms. The van der Waals surface area contributed by atoms with E-state index in [4.69, 9.17) is 25.5 Å². The zero-order chi connectivity index (χ0) is 19.5. The van der Waals surface area contributed by atoms with Gasteiger partial charge < -0.3 is 23.9 Å². The highest BCUT2D eigenvalue weighted by molar-refractivity contribution is 6.32. The Balaban J connectivity index is 1.44. The molecule has 0 aliphatic carbocycles. The fourth-order valence-electron chi connectivity index (χ4n) is 3.93. The highest BCUT2D eigenvalue weighted by Gasteiger charge is 2.31. The van der Waals surface area contributed by atoms with Gasteiger partial charge in [-0.05, 0) is 42.7 Å². The summed E-state index contributed by atoms with van der Waals surface area (Å²) in [5.41, 5.74) is 0.802. The number of furan rings is 1. The third-order valence-corrected chi connectivity index (χ3v) is 5.56. The van der Waals surface area contributed by atoms with Crippen LogP contribution in [0.5, 0.6) is 11.5 Å². The van der Waals surface area contributed by atoms with Crippen molar-refractivity contribution in [2.75, 3.05) is 19.8 Å². The van der Waals surface area contributed by atoms with Crippen LogP contribution in [0.1, 0.15) is 43.1 Å². The molecular formula is C21H24ClNO5. The minimum atomic E-state index is -0.708. The minimum Gasteiger partial charge on any atom is -0.489 e. The number of hydrogen-bond donors (Lipinski definition) is 1. The molecule has 1 N–H and O–H groups in total. The number of aliphatic hydroxyl groups is 1. The van der Waals surface area contributed by atoms with Gasteiger partial charge in [0.15, 0.2) is 11.5 Å². The fraction of sp³-hybridized carbons (Fsp3) is 0.476. The van der Waals surface area contributed by atoms with Gasteiger partial charge in [-0.15, -0.1) is 0 Å². The molecule has 1 aromatic carbocycles. The number of carbonyl (C=O) groups excluding carboxylic acids is 1. The lowest BCUT2D eigenvalue weighted by atomic mass is 10.0. The first kappa shape index (κ1) is 19.2. The van der Waals surface area contributed by atoms with Crippen LogP contribution >= 0.6 is 11.6 Å². The molecule has 150 valence electrons. The Labute approximate surface area is 169 Å². The Bertz CT molecular complexity index is 822. The number of aliphatic hydroxyl groups excluding tert-OH is 1. The quantitative estimate of drug-likeness (QED) is 0.820. The van der Waals surface area contributed by atoms with Gasteiger partial charge in [-0.3, -0.25) is 4.79 Å². The molecule has 6 nitrogen and oxygen atoms in total. The topological polar surface area (TPSA) is 72.1 Å². The van der Waals surface area contributed by atoms with Crippen LogP contribution in [0.15, 0.2) is 34.9 Å². The van der Waals surface area contributed by atoms with Crippen molar-refractivity contribution in [2.45, 2.75) is 44.2 Å². The van der Waals surface area contributed by atoms with E-state index < -0.39 is 6.10 Å². The number of benzene rings is 1. The van der Waals surface area contributed by atoms with Crippen molar-refractivity contribution in [2.24, 2.45) is 0 Å². The Morgan fingerprint density at radius 3 is 2.96 bits per heavy atom.